The molecule has 2 aromatic carbocycles. The van der Waals surface area contributed by atoms with E-state index in [0.29, 0.717) is 16.4 Å². The summed E-state index contributed by atoms with van der Waals surface area (Å²) in [6.07, 6.45) is 5.42. The van der Waals surface area contributed by atoms with Crippen LogP contribution in [0.3, 0.4) is 0 Å². The molecule has 0 radical (unpaired) electrons. The lowest BCUT2D eigenvalue weighted by atomic mass is 10.1. The van der Waals surface area contributed by atoms with E-state index in [1.54, 1.807) is 18.3 Å². The average Bonchev–Trinajstić information content (AvgIpc) is 3.11. The Morgan fingerprint density at radius 3 is 2.80 bits per heavy atom. The molecule has 3 rings (SSSR count). The van der Waals surface area contributed by atoms with E-state index in [2.05, 4.69) is 15.5 Å². The van der Waals surface area contributed by atoms with Gasteiger partial charge in [-0.3, -0.25) is 15.5 Å². The van der Waals surface area contributed by atoms with Gasteiger partial charge in [0.15, 0.2) is 0 Å². The zero-order valence-corrected chi connectivity index (χ0v) is 13.9. The van der Waals surface area contributed by atoms with Crippen LogP contribution in [0.15, 0.2) is 71.2 Å². The molecule has 0 atom stereocenters. The number of rotatable bonds is 6. The van der Waals surface area contributed by atoms with Gasteiger partial charge in [-0.1, -0.05) is 48.5 Å². The van der Waals surface area contributed by atoms with Gasteiger partial charge in [-0.2, -0.15) is 5.10 Å². The molecular weight excluding hydrogens is 336 g/mol. The van der Waals surface area contributed by atoms with Gasteiger partial charge in [0, 0.05) is 29.3 Å². The third-order valence-electron chi connectivity index (χ3n) is 3.27. The van der Waals surface area contributed by atoms with Gasteiger partial charge in [-0.15, -0.1) is 11.3 Å². The molecule has 0 aliphatic heterocycles. The Balaban J connectivity index is 1.62. The molecule has 0 amide bonds. The number of hydrazone groups is 1. The number of non-ortho nitro benzene ring substituents is 1. The van der Waals surface area contributed by atoms with Crippen molar-refractivity contribution >= 4 is 34.4 Å². The van der Waals surface area contributed by atoms with Crippen molar-refractivity contribution in [2.75, 3.05) is 5.43 Å². The Hall–Kier alpha value is -3.32. The summed E-state index contributed by atoms with van der Waals surface area (Å²) in [7, 11) is 0. The largest absolute Gasteiger partial charge is 0.270 e. The molecule has 1 heterocycles. The second-order valence-corrected chi connectivity index (χ2v) is 5.86. The topological polar surface area (TPSA) is 80.4 Å². The van der Waals surface area contributed by atoms with Crippen LogP contribution in [0, 0.1) is 10.1 Å². The van der Waals surface area contributed by atoms with Gasteiger partial charge in [0.2, 0.25) is 5.13 Å². The van der Waals surface area contributed by atoms with Gasteiger partial charge in [-0.25, -0.2) is 4.98 Å². The molecule has 0 bridgehead atoms. The molecule has 0 saturated heterocycles. The monoisotopic (exact) mass is 350 g/mol. The normalized spacial score (nSPS) is 11.2. The third kappa shape index (κ3) is 4.58. The van der Waals surface area contributed by atoms with Crippen LogP contribution in [-0.4, -0.2) is 16.1 Å². The van der Waals surface area contributed by atoms with E-state index >= 15 is 0 Å². The predicted molar refractivity (Wildman–Crippen MR) is 102 cm³/mol. The second kappa shape index (κ2) is 7.98. The molecule has 0 spiro atoms. The summed E-state index contributed by atoms with van der Waals surface area (Å²) in [5.41, 5.74) is 5.36. The Kier molecular flexibility index (Phi) is 5.28. The second-order valence-electron chi connectivity index (χ2n) is 5.01. The maximum absolute atomic E-state index is 10.8. The Morgan fingerprint density at radius 2 is 2.00 bits per heavy atom. The van der Waals surface area contributed by atoms with Crippen LogP contribution in [0.1, 0.15) is 5.56 Å². The number of nitrogens with zero attached hydrogens (tertiary/aromatic N) is 3. The van der Waals surface area contributed by atoms with Crippen molar-refractivity contribution in [1.29, 1.82) is 0 Å². The zero-order valence-electron chi connectivity index (χ0n) is 13.1. The third-order valence-corrected chi connectivity index (χ3v) is 4.01. The van der Waals surface area contributed by atoms with Gasteiger partial charge >= 0.3 is 0 Å². The highest BCUT2D eigenvalue weighted by molar-refractivity contribution is 7.14. The van der Waals surface area contributed by atoms with Gasteiger partial charge in [-0.05, 0) is 11.6 Å². The first-order valence-electron chi connectivity index (χ1n) is 7.43. The lowest BCUT2D eigenvalue weighted by Crippen LogP contribution is -1.89. The molecule has 7 heteroatoms. The molecule has 0 aliphatic rings. The Morgan fingerprint density at radius 1 is 1.16 bits per heavy atom. The smallest absolute Gasteiger partial charge is 0.258 e. The highest BCUT2D eigenvalue weighted by atomic mass is 32.1. The number of benzene rings is 2. The number of hydrogen-bond donors (Lipinski definition) is 1. The Labute approximate surface area is 148 Å². The fraction of sp³-hybridized carbons (Fsp3) is 0. The van der Waals surface area contributed by atoms with E-state index in [1.165, 1.54) is 23.5 Å². The first-order valence-corrected chi connectivity index (χ1v) is 8.31. The summed E-state index contributed by atoms with van der Waals surface area (Å²) < 4.78 is 0. The number of hydrogen-bond acceptors (Lipinski definition) is 6. The van der Waals surface area contributed by atoms with Crippen molar-refractivity contribution in [3.05, 3.63) is 81.7 Å². The molecule has 124 valence electrons. The van der Waals surface area contributed by atoms with Crippen molar-refractivity contribution < 1.29 is 4.92 Å². The number of anilines is 1. The summed E-state index contributed by atoms with van der Waals surface area (Å²) >= 11 is 1.38. The van der Waals surface area contributed by atoms with Gasteiger partial charge in [0.05, 0.1) is 10.6 Å². The standard InChI is InChI=1S/C18H14N4O2S/c23-22(24)16-10-4-9-15(12-16)17-13-25-18(20-17)21-19-11-5-8-14-6-2-1-3-7-14/h1-13H,(H,20,21)/b8-5+,19-11+. The fourth-order valence-corrected chi connectivity index (χ4v) is 2.76. The van der Waals surface area contributed by atoms with Crippen molar-refractivity contribution in [2.24, 2.45) is 5.10 Å². The Bertz CT molecular complexity index is 920. The lowest BCUT2D eigenvalue weighted by molar-refractivity contribution is -0.384. The van der Waals surface area contributed by atoms with E-state index in [0.717, 1.165) is 5.56 Å². The minimum absolute atomic E-state index is 0.0454. The quantitative estimate of drug-likeness (QED) is 0.392. The summed E-state index contributed by atoms with van der Waals surface area (Å²) in [5, 5.41) is 17.4. The van der Waals surface area contributed by atoms with Gasteiger partial charge in [0.1, 0.15) is 0 Å². The van der Waals surface area contributed by atoms with Crippen LogP contribution in [0.25, 0.3) is 17.3 Å². The van der Waals surface area contributed by atoms with Crippen LogP contribution in [0.5, 0.6) is 0 Å². The summed E-state index contributed by atoms with van der Waals surface area (Å²) in [6.45, 7) is 0. The van der Waals surface area contributed by atoms with E-state index < -0.39 is 4.92 Å². The molecule has 25 heavy (non-hydrogen) atoms. The maximum Gasteiger partial charge on any atom is 0.270 e. The van der Waals surface area contributed by atoms with Crippen molar-refractivity contribution in [3.8, 4) is 11.3 Å². The maximum atomic E-state index is 10.8. The summed E-state index contributed by atoms with van der Waals surface area (Å²) in [6, 6.07) is 16.3. The molecule has 6 nitrogen and oxygen atoms in total. The highest BCUT2D eigenvalue weighted by Crippen LogP contribution is 2.27. The molecule has 1 aromatic heterocycles. The van der Waals surface area contributed by atoms with Crippen molar-refractivity contribution in [2.45, 2.75) is 0 Å². The number of aromatic nitrogens is 1. The van der Waals surface area contributed by atoms with Crippen LogP contribution in [0.2, 0.25) is 0 Å². The molecule has 3 aromatic rings. The predicted octanol–water partition coefficient (Wildman–Crippen LogP) is 4.83. The van der Waals surface area contributed by atoms with Crippen molar-refractivity contribution in [3.63, 3.8) is 0 Å². The van der Waals surface area contributed by atoms with Gasteiger partial charge < -0.3 is 0 Å². The molecular formula is C18H14N4O2S. The molecule has 0 saturated carbocycles. The average molecular weight is 350 g/mol. The van der Waals surface area contributed by atoms with Crippen molar-refractivity contribution in [1.82, 2.24) is 4.98 Å². The van der Waals surface area contributed by atoms with E-state index in [1.807, 2.05) is 47.9 Å². The van der Waals surface area contributed by atoms with E-state index in [9.17, 15) is 10.1 Å². The minimum Gasteiger partial charge on any atom is -0.258 e. The summed E-state index contributed by atoms with van der Waals surface area (Å²) in [5.74, 6) is 0. The minimum atomic E-state index is -0.418. The first-order chi connectivity index (χ1) is 12.2. The first kappa shape index (κ1) is 16.5. The SMILES string of the molecule is O=[N+]([O-])c1cccc(-c2csc(N/N=C/C=C/c3ccccc3)n2)c1. The molecule has 0 aliphatic carbocycles. The highest BCUT2D eigenvalue weighted by Gasteiger charge is 2.09. The van der Waals surface area contributed by atoms with E-state index in [4.69, 9.17) is 0 Å². The zero-order chi connectivity index (χ0) is 17.5. The molecule has 0 unspecified atom stereocenters. The number of nitro groups is 1. The van der Waals surface area contributed by atoms with Crippen LogP contribution in [0.4, 0.5) is 10.8 Å². The van der Waals surface area contributed by atoms with Gasteiger partial charge in [0.25, 0.3) is 5.69 Å². The van der Waals surface area contributed by atoms with E-state index in [-0.39, 0.29) is 5.69 Å². The fourth-order valence-electron chi connectivity index (χ4n) is 2.09. The van der Waals surface area contributed by atoms with Crippen LogP contribution in [-0.2, 0) is 0 Å². The molecule has 1 N–H and O–H groups in total. The number of thiazole rings is 1. The number of allylic oxidation sites excluding steroid dienone is 1. The number of nitrogens with one attached hydrogen (secondary N) is 1. The van der Waals surface area contributed by atoms with Crippen LogP contribution >= 0.6 is 11.3 Å². The number of nitro benzene ring substituents is 1. The summed E-state index contributed by atoms with van der Waals surface area (Å²) in [4.78, 5) is 14.8. The molecule has 0 fully saturated rings. The lowest BCUT2D eigenvalue weighted by Gasteiger charge is -1.96. The van der Waals surface area contributed by atoms with Crippen LogP contribution < -0.4 is 5.43 Å².